The quantitative estimate of drug-likeness (QED) is 0.436. The molecule has 0 saturated heterocycles. The zero-order valence-electron chi connectivity index (χ0n) is 12.7. The Morgan fingerprint density at radius 3 is 2.00 bits per heavy atom. The van der Waals surface area contributed by atoms with Gasteiger partial charge in [0.25, 0.3) is 0 Å². The lowest BCUT2D eigenvalue weighted by molar-refractivity contribution is 0.546. The lowest BCUT2D eigenvalue weighted by Crippen LogP contribution is -2.22. The highest BCUT2D eigenvalue weighted by Gasteiger charge is 2.17. The van der Waals surface area contributed by atoms with Gasteiger partial charge in [0.05, 0.1) is 0 Å². The molecule has 0 aromatic carbocycles. The van der Waals surface area contributed by atoms with Gasteiger partial charge in [0.15, 0.2) is 9.04 Å². The molecular weight excluding hydrogens is 252 g/mol. The summed E-state index contributed by atoms with van der Waals surface area (Å²) in [5.41, 5.74) is 1.02. The van der Waals surface area contributed by atoms with Gasteiger partial charge in [-0.25, -0.2) is 0 Å². The van der Waals surface area contributed by atoms with Crippen molar-refractivity contribution in [1.82, 2.24) is 0 Å². The lowest BCUT2D eigenvalue weighted by Gasteiger charge is -2.19. The fraction of sp³-hybridized carbons (Fsp3) is 1.00. The summed E-state index contributed by atoms with van der Waals surface area (Å²) in [5.74, 6) is 0. The van der Waals surface area contributed by atoms with Crippen molar-refractivity contribution in [2.24, 2.45) is 0 Å². The first-order chi connectivity index (χ1) is 8.86. The molecule has 0 amide bonds. The molecule has 3 heteroatoms. The van der Waals surface area contributed by atoms with Gasteiger partial charge in [0.1, 0.15) is 9.76 Å². The van der Waals surface area contributed by atoms with Crippen LogP contribution in [0.4, 0.5) is 0 Å². The fourth-order valence-electron chi connectivity index (χ4n) is 2.78. The first-order valence-corrected chi connectivity index (χ1v) is 11.6. The van der Waals surface area contributed by atoms with Crippen molar-refractivity contribution in [3.05, 3.63) is 0 Å². The predicted molar refractivity (Wildman–Crippen MR) is 86.3 cm³/mol. The number of unbranched alkanes of at least 4 members (excludes halogenated alkanes) is 2. The lowest BCUT2D eigenvalue weighted by atomic mass is 10.2. The van der Waals surface area contributed by atoms with Crippen LogP contribution in [-0.2, 0) is 4.12 Å². The number of hydrogen-bond acceptors (Lipinski definition) is 1. The third-order valence-electron chi connectivity index (χ3n) is 4.12. The minimum Gasteiger partial charge on any atom is -0.460 e. The molecule has 107 valence electrons. The van der Waals surface area contributed by atoms with Crippen molar-refractivity contribution >= 4 is 18.8 Å². The molecule has 0 N–H and O–H groups in total. The van der Waals surface area contributed by atoms with E-state index in [9.17, 15) is 0 Å². The van der Waals surface area contributed by atoms with E-state index in [0.717, 1.165) is 5.54 Å². The molecular formula is C15H33OSi2. The first-order valence-electron chi connectivity index (χ1n) is 8.34. The molecule has 0 unspecified atom stereocenters. The highest BCUT2D eigenvalue weighted by molar-refractivity contribution is 6.58. The minimum atomic E-state index is -0.419. The average Bonchev–Trinajstić information content (AvgIpc) is 2.66. The summed E-state index contributed by atoms with van der Waals surface area (Å²) in [5, 5.41) is 0. The summed E-state index contributed by atoms with van der Waals surface area (Å²) in [7, 11) is -0.633. The van der Waals surface area contributed by atoms with Crippen LogP contribution in [0.3, 0.4) is 0 Å². The van der Waals surface area contributed by atoms with Gasteiger partial charge in [-0.2, -0.15) is 0 Å². The Kier molecular flexibility index (Phi) is 10.3. The molecule has 1 rings (SSSR count). The van der Waals surface area contributed by atoms with Crippen LogP contribution < -0.4 is 0 Å². The molecule has 1 aliphatic carbocycles. The van der Waals surface area contributed by atoms with Crippen LogP contribution in [0.2, 0.25) is 17.6 Å². The van der Waals surface area contributed by atoms with E-state index in [2.05, 4.69) is 13.8 Å². The second-order valence-corrected chi connectivity index (χ2v) is 10.6. The van der Waals surface area contributed by atoms with Gasteiger partial charge in [0.2, 0.25) is 0 Å². The van der Waals surface area contributed by atoms with Gasteiger partial charge >= 0.3 is 0 Å². The van der Waals surface area contributed by atoms with Crippen LogP contribution in [0.25, 0.3) is 0 Å². The van der Waals surface area contributed by atoms with Crippen molar-refractivity contribution in [2.75, 3.05) is 0 Å². The third kappa shape index (κ3) is 7.75. The fourth-order valence-corrected chi connectivity index (χ4v) is 8.48. The molecule has 1 saturated carbocycles. The molecule has 1 nitrogen and oxygen atoms in total. The Bertz CT molecular complexity index is 171. The zero-order chi connectivity index (χ0) is 13.1. The van der Waals surface area contributed by atoms with Crippen LogP contribution in [0, 0.1) is 0 Å². The Morgan fingerprint density at radius 2 is 1.50 bits per heavy atom. The van der Waals surface area contributed by atoms with Gasteiger partial charge in [-0.1, -0.05) is 78.1 Å². The van der Waals surface area contributed by atoms with Crippen molar-refractivity contribution in [1.29, 1.82) is 0 Å². The first kappa shape index (κ1) is 16.4. The zero-order valence-corrected chi connectivity index (χ0v) is 15.1. The van der Waals surface area contributed by atoms with E-state index in [4.69, 9.17) is 4.12 Å². The molecule has 0 atom stereocenters. The molecule has 0 spiro atoms. The average molecular weight is 286 g/mol. The molecule has 0 aromatic heterocycles. The largest absolute Gasteiger partial charge is 0.460 e. The molecule has 0 bridgehead atoms. The monoisotopic (exact) mass is 285 g/mol. The van der Waals surface area contributed by atoms with E-state index in [-0.39, 0.29) is 9.76 Å². The normalized spacial score (nSPS) is 18.8. The number of rotatable bonds is 9. The van der Waals surface area contributed by atoms with Gasteiger partial charge in [0, 0.05) is 0 Å². The maximum atomic E-state index is 6.48. The smallest absolute Gasteiger partial charge is 0.197 e. The standard InChI is InChI=1S/C15H33OSi2/c1-3-5-13-18(14-6-4-2)16-17-15-11-9-7-8-10-12-15/h15H,3-14,17H2,1-2H3. The highest BCUT2D eigenvalue weighted by Crippen LogP contribution is 2.27. The van der Waals surface area contributed by atoms with Crippen molar-refractivity contribution in [3.63, 3.8) is 0 Å². The summed E-state index contributed by atoms with van der Waals surface area (Å²) in [6.07, 6.45) is 14.4. The molecule has 1 fully saturated rings. The maximum absolute atomic E-state index is 6.48. The van der Waals surface area contributed by atoms with E-state index in [1.54, 1.807) is 0 Å². The van der Waals surface area contributed by atoms with Gasteiger partial charge < -0.3 is 4.12 Å². The van der Waals surface area contributed by atoms with Crippen molar-refractivity contribution in [2.45, 2.75) is 95.7 Å². The SMILES string of the molecule is CCCC[Si](CCCC)O[SiH2]C1CCCCCC1. The third-order valence-corrected chi connectivity index (χ3v) is 9.53. The van der Waals surface area contributed by atoms with Crippen LogP contribution in [-0.4, -0.2) is 18.8 Å². The van der Waals surface area contributed by atoms with Crippen LogP contribution in [0.5, 0.6) is 0 Å². The van der Waals surface area contributed by atoms with E-state index >= 15 is 0 Å². The van der Waals surface area contributed by atoms with Gasteiger partial charge in [-0.3, -0.25) is 0 Å². The molecule has 18 heavy (non-hydrogen) atoms. The summed E-state index contributed by atoms with van der Waals surface area (Å²) in [4.78, 5) is 0. The molecule has 1 radical (unpaired) electrons. The van der Waals surface area contributed by atoms with Crippen molar-refractivity contribution < 1.29 is 4.12 Å². The van der Waals surface area contributed by atoms with Crippen molar-refractivity contribution in [3.8, 4) is 0 Å². The van der Waals surface area contributed by atoms with Crippen LogP contribution in [0.1, 0.15) is 78.1 Å². The number of hydrogen-bond donors (Lipinski definition) is 0. The predicted octanol–water partition coefficient (Wildman–Crippen LogP) is 4.82. The van der Waals surface area contributed by atoms with Gasteiger partial charge in [-0.05, 0) is 17.6 Å². The second-order valence-electron chi connectivity index (χ2n) is 5.91. The molecule has 1 aliphatic rings. The maximum Gasteiger partial charge on any atom is 0.197 e. The van der Waals surface area contributed by atoms with E-state index in [1.165, 1.54) is 76.3 Å². The second kappa shape index (κ2) is 11.2. The Morgan fingerprint density at radius 1 is 0.944 bits per heavy atom. The Labute approximate surface area is 119 Å². The van der Waals surface area contributed by atoms with E-state index in [0.29, 0.717) is 0 Å². The van der Waals surface area contributed by atoms with E-state index in [1.807, 2.05) is 0 Å². The Hall–Kier alpha value is 0.394. The van der Waals surface area contributed by atoms with Crippen LogP contribution >= 0.6 is 0 Å². The molecule has 0 aliphatic heterocycles. The van der Waals surface area contributed by atoms with E-state index < -0.39 is 9.04 Å². The Balaban J connectivity index is 2.20. The molecule has 0 aromatic rings. The van der Waals surface area contributed by atoms with Crippen LogP contribution in [0.15, 0.2) is 0 Å². The topological polar surface area (TPSA) is 9.23 Å². The summed E-state index contributed by atoms with van der Waals surface area (Å²) < 4.78 is 6.48. The highest BCUT2D eigenvalue weighted by atomic mass is 28.3. The summed E-state index contributed by atoms with van der Waals surface area (Å²) in [6, 6.07) is 2.84. The summed E-state index contributed by atoms with van der Waals surface area (Å²) >= 11 is 0. The summed E-state index contributed by atoms with van der Waals surface area (Å²) in [6.45, 7) is 4.62. The van der Waals surface area contributed by atoms with Gasteiger partial charge in [-0.15, -0.1) is 0 Å². The minimum absolute atomic E-state index is 0.215. The molecule has 0 heterocycles.